The van der Waals surface area contributed by atoms with Gasteiger partial charge in [0.2, 0.25) is 0 Å². The van der Waals surface area contributed by atoms with Crippen LogP contribution in [0, 0.1) is 5.92 Å². The summed E-state index contributed by atoms with van der Waals surface area (Å²) in [6, 6.07) is 6.04. The van der Waals surface area contributed by atoms with Crippen LogP contribution in [0.4, 0.5) is 5.82 Å². The number of carbonyl (C=O) groups is 1. The van der Waals surface area contributed by atoms with E-state index in [2.05, 4.69) is 28.2 Å². The average molecular weight is 405 g/mol. The Morgan fingerprint density at radius 3 is 2.69 bits per heavy atom. The number of anilines is 1. The fraction of sp³-hybridized carbons (Fsp3) is 0.667. The van der Waals surface area contributed by atoms with Gasteiger partial charge in [0.05, 0.1) is 6.61 Å². The van der Waals surface area contributed by atoms with Crippen molar-refractivity contribution in [1.82, 2.24) is 15.2 Å². The Bertz CT molecular complexity index is 521. The zero-order valence-electron chi connectivity index (χ0n) is 15.3. The highest BCUT2D eigenvalue weighted by molar-refractivity contribution is 5.85. The smallest absolute Gasteiger partial charge is 0.253 e. The Morgan fingerprint density at radius 2 is 2.12 bits per heavy atom. The van der Waals surface area contributed by atoms with Crippen molar-refractivity contribution >= 4 is 36.5 Å². The second-order valence-electron chi connectivity index (χ2n) is 6.56. The summed E-state index contributed by atoms with van der Waals surface area (Å²) in [5.74, 6) is 1.75. The van der Waals surface area contributed by atoms with E-state index in [1.807, 2.05) is 23.2 Å². The van der Waals surface area contributed by atoms with Gasteiger partial charge in [-0.3, -0.25) is 4.79 Å². The summed E-state index contributed by atoms with van der Waals surface area (Å²) in [5, 5.41) is 3.24. The molecule has 8 heteroatoms. The van der Waals surface area contributed by atoms with E-state index in [1.165, 1.54) is 0 Å². The first-order chi connectivity index (χ1) is 11.8. The number of aromatic nitrogens is 1. The monoisotopic (exact) mass is 404 g/mol. The second-order valence-corrected chi connectivity index (χ2v) is 6.56. The van der Waals surface area contributed by atoms with Gasteiger partial charge in [-0.25, -0.2) is 4.98 Å². The molecule has 148 valence electrons. The summed E-state index contributed by atoms with van der Waals surface area (Å²) in [7, 11) is 0. The highest BCUT2D eigenvalue weighted by Gasteiger charge is 2.29. The summed E-state index contributed by atoms with van der Waals surface area (Å²) in [5.41, 5.74) is 0. The van der Waals surface area contributed by atoms with Gasteiger partial charge in [-0.2, -0.15) is 0 Å². The van der Waals surface area contributed by atoms with Crippen LogP contribution in [0.15, 0.2) is 24.4 Å². The molecule has 0 spiro atoms. The van der Waals surface area contributed by atoms with Gasteiger partial charge in [0.25, 0.3) is 5.91 Å². The quantitative estimate of drug-likeness (QED) is 0.812. The molecule has 2 aliphatic rings. The second kappa shape index (κ2) is 11.6. The third kappa shape index (κ3) is 5.98. The van der Waals surface area contributed by atoms with Gasteiger partial charge in [0.15, 0.2) is 0 Å². The number of ether oxygens (including phenoxy) is 1. The molecular formula is C18H30Cl2N4O2. The van der Waals surface area contributed by atoms with Gasteiger partial charge in [-0.15, -0.1) is 24.8 Å². The Labute approximate surface area is 168 Å². The fourth-order valence-electron chi connectivity index (χ4n) is 3.50. The van der Waals surface area contributed by atoms with Crippen molar-refractivity contribution in [3.63, 3.8) is 0 Å². The third-order valence-corrected chi connectivity index (χ3v) is 4.96. The van der Waals surface area contributed by atoms with Gasteiger partial charge in [-0.1, -0.05) is 6.07 Å². The summed E-state index contributed by atoms with van der Waals surface area (Å²) >= 11 is 0. The van der Waals surface area contributed by atoms with E-state index in [9.17, 15) is 4.79 Å². The topological polar surface area (TPSA) is 57.7 Å². The van der Waals surface area contributed by atoms with Crippen LogP contribution in [0.2, 0.25) is 0 Å². The average Bonchev–Trinajstić information content (AvgIpc) is 2.67. The number of hydrogen-bond acceptors (Lipinski definition) is 5. The molecule has 2 fully saturated rings. The van der Waals surface area contributed by atoms with Crippen LogP contribution < -0.4 is 10.2 Å². The van der Waals surface area contributed by atoms with Crippen LogP contribution in [0.5, 0.6) is 0 Å². The number of pyridine rings is 1. The Morgan fingerprint density at radius 1 is 1.35 bits per heavy atom. The minimum absolute atomic E-state index is 0. The number of nitrogens with zero attached hydrogens (tertiary/aromatic N) is 3. The molecule has 0 aliphatic carbocycles. The van der Waals surface area contributed by atoms with E-state index in [4.69, 9.17) is 4.74 Å². The first-order valence-corrected chi connectivity index (χ1v) is 9.05. The van der Waals surface area contributed by atoms with Crippen LogP contribution >= 0.6 is 24.8 Å². The van der Waals surface area contributed by atoms with E-state index >= 15 is 0 Å². The Balaban J connectivity index is 0.00000169. The molecule has 26 heavy (non-hydrogen) atoms. The lowest BCUT2D eigenvalue weighted by atomic mass is 9.96. The number of likely N-dealkylation sites (N-methyl/N-ethyl adjacent to an activating group) is 1. The molecule has 1 aromatic rings. The molecule has 6 nitrogen and oxygen atoms in total. The molecule has 0 radical (unpaired) electrons. The van der Waals surface area contributed by atoms with Gasteiger partial charge < -0.3 is 19.9 Å². The zero-order chi connectivity index (χ0) is 16.8. The number of nitrogens with one attached hydrogen (secondary N) is 1. The highest BCUT2D eigenvalue weighted by Crippen LogP contribution is 2.22. The van der Waals surface area contributed by atoms with Crippen LogP contribution in [-0.2, 0) is 9.53 Å². The van der Waals surface area contributed by atoms with Gasteiger partial charge in [0.1, 0.15) is 11.9 Å². The molecule has 3 rings (SSSR count). The van der Waals surface area contributed by atoms with Crippen LogP contribution in [0.1, 0.15) is 19.8 Å². The van der Waals surface area contributed by atoms with Gasteiger partial charge in [-0.05, 0) is 37.8 Å². The first kappa shape index (κ1) is 23.0. The fourth-order valence-corrected chi connectivity index (χ4v) is 3.50. The molecule has 0 saturated carbocycles. The van der Waals surface area contributed by atoms with Crippen LogP contribution in [0.25, 0.3) is 0 Å². The van der Waals surface area contributed by atoms with Crippen LogP contribution in [0.3, 0.4) is 0 Å². The number of amides is 1. The predicted molar refractivity (Wildman–Crippen MR) is 109 cm³/mol. The summed E-state index contributed by atoms with van der Waals surface area (Å²) in [4.78, 5) is 21.4. The highest BCUT2D eigenvalue weighted by atomic mass is 35.5. The SMILES string of the molecule is CCN(CC1CCN(c2ccccn2)CC1)C(=O)[C@H]1CNCCO1.Cl.Cl. The lowest BCUT2D eigenvalue weighted by molar-refractivity contribution is -0.145. The zero-order valence-corrected chi connectivity index (χ0v) is 16.9. The summed E-state index contributed by atoms with van der Waals surface area (Å²) in [6.45, 7) is 7.75. The largest absolute Gasteiger partial charge is 0.366 e. The van der Waals surface area contributed by atoms with Crippen molar-refractivity contribution in [2.45, 2.75) is 25.9 Å². The molecular weight excluding hydrogens is 375 g/mol. The van der Waals surface area contributed by atoms with Gasteiger partial charge >= 0.3 is 0 Å². The minimum atomic E-state index is -0.313. The third-order valence-electron chi connectivity index (χ3n) is 4.96. The number of carbonyl (C=O) groups excluding carboxylic acids is 1. The number of morpholine rings is 1. The molecule has 1 amide bonds. The van der Waals surface area contributed by atoms with Crippen molar-refractivity contribution < 1.29 is 9.53 Å². The summed E-state index contributed by atoms with van der Waals surface area (Å²) in [6.07, 6.45) is 3.73. The predicted octanol–water partition coefficient (Wildman–Crippen LogP) is 1.98. The van der Waals surface area contributed by atoms with Crippen molar-refractivity contribution in [2.24, 2.45) is 5.92 Å². The van der Waals surface area contributed by atoms with Crippen molar-refractivity contribution in [1.29, 1.82) is 0 Å². The number of hydrogen-bond donors (Lipinski definition) is 1. The van der Waals surface area contributed by atoms with E-state index < -0.39 is 0 Å². The van der Waals surface area contributed by atoms with Crippen LogP contribution in [-0.4, -0.2) is 67.8 Å². The number of halogens is 2. The molecule has 2 aliphatic heterocycles. The lowest BCUT2D eigenvalue weighted by Gasteiger charge is -2.36. The minimum Gasteiger partial charge on any atom is -0.366 e. The normalized spacial score (nSPS) is 20.7. The molecule has 0 aromatic carbocycles. The number of rotatable bonds is 5. The van der Waals surface area contributed by atoms with Crippen molar-refractivity contribution in [3.8, 4) is 0 Å². The molecule has 2 saturated heterocycles. The summed E-state index contributed by atoms with van der Waals surface area (Å²) < 4.78 is 5.62. The molecule has 1 aromatic heterocycles. The van der Waals surface area contributed by atoms with E-state index in [1.54, 1.807) is 0 Å². The molecule has 0 unspecified atom stereocenters. The molecule has 3 heterocycles. The van der Waals surface area contributed by atoms with E-state index in [0.29, 0.717) is 19.1 Å². The maximum Gasteiger partial charge on any atom is 0.253 e. The standard InChI is InChI=1S/C18H28N4O2.2ClH/c1-2-21(18(23)16-13-19-9-12-24-16)14-15-6-10-22(11-7-15)17-5-3-4-8-20-17;;/h3-5,8,15-16,19H,2,6-7,9-14H2,1H3;2*1H/t16-;;/m1../s1. The number of piperidine rings is 1. The van der Waals surface area contributed by atoms with Crippen molar-refractivity contribution in [2.75, 3.05) is 50.8 Å². The van der Waals surface area contributed by atoms with Gasteiger partial charge in [0, 0.05) is 45.5 Å². The maximum absolute atomic E-state index is 12.6. The Hall–Kier alpha value is -1.08. The molecule has 1 N–H and O–H groups in total. The van der Waals surface area contributed by atoms with E-state index in [0.717, 1.165) is 51.4 Å². The van der Waals surface area contributed by atoms with Crippen molar-refractivity contribution in [3.05, 3.63) is 24.4 Å². The van der Waals surface area contributed by atoms with E-state index in [-0.39, 0.29) is 36.8 Å². The lowest BCUT2D eigenvalue weighted by Crippen LogP contribution is -2.51. The molecule has 0 bridgehead atoms. The Kier molecular flexibility index (Phi) is 10.2. The maximum atomic E-state index is 12.6. The first-order valence-electron chi connectivity index (χ1n) is 9.05. The molecule has 1 atom stereocenters.